The molecular weight excluding hydrogens is 216 g/mol. The molecule has 0 aliphatic carbocycles. The number of hydrogen-bond donors (Lipinski definition) is 0. The van der Waals surface area contributed by atoms with Crippen molar-refractivity contribution in [2.45, 2.75) is 29.8 Å². The van der Waals surface area contributed by atoms with Crippen LogP contribution in [0.1, 0.15) is 18.9 Å². The fourth-order valence-electron chi connectivity index (χ4n) is 1.46. The minimum Gasteiger partial charge on any atom is -0.231 e. The lowest BCUT2D eigenvalue weighted by molar-refractivity contribution is 0.919. The summed E-state index contributed by atoms with van der Waals surface area (Å²) in [5.74, 6) is 0. The minimum atomic E-state index is 0.797. The number of nitrogens with zero attached hydrogens (tertiary/aromatic N) is 2. The van der Waals surface area contributed by atoms with Crippen LogP contribution in [-0.4, -0.2) is 9.97 Å². The van der Waals surface area contributed by atoms with Gasteiger partial charge in [-0.25, -0.2) is 9.97 Å². The van der Waals surface area contributed by atoms with E-state index >= 15 is 0 Å². The summed E-state index contributed by atoms with van der Waals surface area (Å²) in [4.78, 5) is 9.56. The second-order valence-electron chi connectivity index (χ2n) is 3.53. The van der Waals surface area contributed by atoms with Gasteiger partial charge < -0.3 is 0 Å². The molecule has 2 rings (SSSR count). The molecule has 0 saturated heterocycles. The Balaban J connectivity index is 2.05. The Kier molecular flexibility index (Phi) is 3.94. The molecule has 0 spiro atoms. The number of hydrogen-bond acceptors (Lipinski definition) is 3. The Labute approximate surface area is 100 Å². The van der Waals surface area contributed by atoms with Crippen LogP contribution < -0.4 is 0 Å². The quantitative estimate of drug-likeness (QED) is 0.751. The van der Waals surface area contributed by atoms with Gasteiger partial charge in [0, 0.05) is 17.3 Å². The third-order valence-electron chi connectivity index (χ3n) is 2.21. The number of aryl methyl sites for hydroxylation is 1. The molecule has 0 saturated carbocycles. The monoisotopic (exact) mass is 230 g/mol. The second-order valence-corrected chi connectivity index (χ2v) is 4.57. The van der Waals surface area contributed by atoms with Gasteiger partial charge >= 0.3 is 0 Å². The molecule has 1 heterocycles. The van der Waals surface area contributed by atoms with Crippen molar-refractivity contribution in [1.82, 2.24) is 9.97 Å². The summed E-state index contributed by atoms with van der Waals surface area (Å²) in [6.07, 6.45) is 5.86. The van der Waals surface area contributed by atoms with Crippen molar-refractivity contribution in [2.24, 2.45) is 0 Å². The summed E-state index contributed by atoms with van der Waals surface area (Å²) in [5, 5.41) is 0.797. The third-order valence-corrected chi connectivity index (χ3v) is 3.11. The second kappa shape index (κ2) is 5.66. The molecule has 16 heavy (non-hydrogen) atoms. The zero-order valence-electron chi connectivity index (χ0n) is 9.26. The summed E-state index contributed by atoms with van der Waals surface area (Å²) >= 11 is 1.59. The van der Waals surface area contributed by atoms with Crippen molar-refractivity contribution < 1.29 is 0 Å². The van der Waals surface area contributed by atoms with Crippen LogP contribution >= 0.6 is 11.8 Å². The topological polar surface area (TPSA) is 25.8 Å². The van der Waals surface area contributed by atoms with Gasteiger partial charge in [-0.2, -0.15) is 0 Å². The lowest BCUT2D eigenvalue weighted by Gasteiger charge is -2.01. The molecule has 2 aromatic rings. The maximum Gasteiger partial charge on any atom is 0.192 e. The van der Waals surface area contributed by atoms with E-state index in [2.05, 4.69) is 41.2 Å². The highest BCUT2D eigenvalue weighted by Gasteiger charge is 1.99. The minimum absolute atomic E-state index is 0.797. The van der Waals surface area contributed by atoms with E-state index in [1.807, 2.05) is 6.07 Å². The van der Waals surface area contributed by atoms with Crippen LogP contribution in [-0.2, 0) is 6.42 Å². The molecule has 0 unspecified atom stereocenters. The van der Waals surface area contributed by atoms with E-state index in [-0.39, 0.29) is 0 Å². The molecule has 1 aromatic heterocycles. The number of aromatic nitrogens is 2. The lowest BCUT2D eigenvalue weighted by Crippen LogP contribution is -1.85. The van der Waals surface area contributed by atoms with Gasteiger partial charge in [-0.3, -0.25) is 0 Å². The molecule has 0 fully saturated rings. The van der Waals surface area contributed by atoms with Crippen LogP contribution in [0.5, 0.6) is 0 Å². The molecule has 0 radical (unpaired) electrons. The molecule has 82 valence electrons. The Morgan fingerprint density at radius 3 is 2.38 bits per heavy atom. The van der Waals surface area contributed by atoms with Crippen molar-refractivity contribution in [1.29, 1.82) is 0 Å². The van der Waals surface area contributed by atoms with Gasteiger partial charge in [-0.05, 0) is 41.9 Å². The molecule has 0 N–H and O–H groups in total. The van der Waals surface area contributed by atoms with E-state index in [1.165, 1.54) is 16.9 Å². The van der Waals surface area contributed by atoms with Gasteiger partial charge in [0.05, 0.1) is 0 Å². The average molecular weight is 230 g/mol. The van der Waals surface area contributed by atoms with Crippen LogP contribution in [0.2, 0.25) is 0 Å². The fraction of sp³-hybridized carbons (Fsp3) is 0.231. The first-order chi connectivity index (χ1) is 7.88. The molecule has 2 nitrogen and oxygen atoms in total. The molecule has 1 aromatic carbocycles. The highest BCUT2D eigenvalue weighted by Crippen LogP contribution is 2.24. The predicted molar refractivity (Wildman–Crippen MR) is 66.6 cm³/mol. The predicted octanol–water partition coefficient (Wildman–Crippen LogP) is 3.58. The molecule has 0 aliphatic rings. The largest absolute Gasteiger partial charge is 0.231 e. The van der Waals surface area contributed by atoms with E-state index in [0.29, 0.717) is 0 Å². The van der Waals surface area contributed by atoms with Crippen molar-refractivity contribution in [3.05, 3.63) is 48.3 Å². The average Bonchev–Trinajstić information content (AvgIpc) is 2.33. The standard InChI is InChI=1S/C13H14N2S/c1-2-4-11-5-7-12(8-6-11)16-13-14-9-3-10-15-13/h3,5-10H,2,4H2,1H3. The highest BCUT2D eigenvalue weighted by molar-refractivity contribution is 7.99. The first-order valence-corrected chi connectivity index (χ1v) is 6.24. The third kappa shape index (κ3) is 3.07. The molecular formula is C13H14N2S. The molecule has 0 aliphatic heterocycles. The van der Waals surface area contributed by atoms with E-state index in [4.69, 9.17) is 0 Å². The van der Waals surface area contributed by atoms with Gasteiger partial charge in [0.25, 0.3) is 0 Å². The maximum atomic E-state index is 4.18. The van der Waals surface area contributed by atoms with E-state index in [1.54, 1.807) is 24.2 Å². The molecule has 3 heteroatoms. The van der Waals surface area contributed by atoms with Crippen LogP contribution in [0.4, 0.5) is 0 Å². The lowest BCUT2D eigenvalue weighted by atomic mass is 10.1. The summed E-state index contributed by atoms with van der Waals surface area (Å²) in [5.41, 5.74) is 1.39. The maximum absolute atomic E-state index is 4.18. The van der Waals surface area contributed by atoms with Crippen molar-refractivity contribution in [3.63, 3.8) is 0 Å². The molecule has 0 atom stereocenters. The van der Waals surface area contributed by atoms with Gasteiger partial charge in [-0.15, -0.1) is 0 Å². The Bertz CT molecular complexity index is 425. The SMILES string of the molecule is CCCc1ccc(Sc2ncccn2)cc1. The van der Waals surface area contributed by atoms with Crippen molar-refractivity contribution in [3.8, 4) is 0 Å². The fourth-order valence-corrected chi connectivity index (χ4v) is 2.17. The zero-order valence-corrected chi connectivity index (χ0v) is 10.1. The van der Waals surface area contributed by atoms with E-state index < -0.39 is 0 Å². The molecule has 0 amide bonds. The normalized spacial score (nSPS) is 10.3. The summed E-state index contributed by atoms with van der Waals surface area (Å²) < 4.78 is 0. The highest BCUT2D eigenvalue weighted by atomic mass is 32.2. The van der Waals surface area contributed by atoms with Crippen molar-refractivity contribution >= 4 is 11.8 Å². The Hall–Kier alpha value is -1.35. The van der Waals surface area contributed by atoms with Crippen LogP contribution in [0, 0.1) is 0 Å². The van der Waals surface area contributed by atoms with Crippen LogP contribution in [0.25, 0.3) is 0 Å². The summed E-state index contributed by atoms with van der Waals surface area (Å²) in [6.45, 7) is 2.19. The summed E-state index contributed by atoms with van der Waals surface area (Å²) in [7, 11) is 0. The first kappa shape index (κ1) is 11.1. The summed E-state index contributed by atoms with van der Waals surface area (Å²) in [6, 6.07) is 10.4. The van der Waals surface area contributed by atoms with Crippen LogP contribution in [0.15, 0.2) is 52.8 Å². The van der Waals surface area contributed by atoms with Gasteiger partial charge in [0.15, 0.2) is 5.16 Å². The van der Waals surface area contributed by atoms with E-state index in [9.17, 15) is 0 Å². The number of benzene rings is 1. The zero-order chi connectivity index (χ0) is 11.2. The Morgan fingerprint density at radius 1 is 1.06 bits per heavy atom. The van der Waals surface area contributed by atoms with Gasteiger partial charge in [0.2, 0.25) is 0 Å². The number of rotatable bonds is 4. The van der Waals surface area contributed by atoms with E-state index in [0.717, 1.165) is 11.6 Å². The van der Waals surface area contributed by atoms with Gasteiger partial charge in [0.1, 0.15) is 0 Å². The smallest absolute Gasteiger partial charge is 0.192 e. The van der Waals surface area contributed by atoms with Gasteiger partial charge in [-0.1, -0.05) is 25.5 Å². The van der Waals surface area contributed by atoms with Crippen LogP contribution in [0.3, 0.4) is 0 Å². The Morgan fingerprint density at radius 2 is 1.75 bits per heavy atom. The molecule has 0 bridgehead atoms. The van der Waals surface area contributed by atoms with Crippen molar-refractivity contribution in [2.75, 3.05) is 0 Å². The first-order valence-electron chi connectivity index (χ1n) is 5.42.